The second-order valence-electron chi connectivity index (χ2n) is 4.00. The Kier molecular flexibility index (Phi) is 8.41. The van der Waals surface area contributed by atoms with Gasteiger partial charge >= 0.3 is 6.61 Å². The topological polar surface area (TPSA) is 30.5 Å². The van der Waals surface area contributed by atoms with Crippen LogP contribution in [0, 0.1) is 0 Å². The number of hydrogen-bond donors (Lipinski definition) is 1. The number of hydrogen-bond acceptors (Lipinski definition) is 3. The van der Waals surface area contributed by atoms with Crippen LogP contribution >= 0.6 is 15.9 Å². The molecule has 0 saturated heterocycles. The van der Waals surface area contributed by atoms with Crippen molar-refractivity contribution in [2.45, 2.75) is 19.6 Å². The molecule has 0 unspecified atom stereocenters. The molecule has 0 aliphatic rings. The van der Waals surface area contributed by atoms with Gasteiger partial charge in [0.15, 0.2) is 0 Å². The molecule has 0 atom stereocenters. The first-order chi connectivity index (χ1) is 9.63. The van der Waals surface area contributed by atoms with E-state index in [0.717, 1.165) is 10.9 Å². The second kappa shape index (κ2) is 9.85. The molecule has 0 aromatic heterocycles. The number of ether oxygens (including phenoxy) is 2. The first-order valence-electron chi connectivity index (χ1n) is 6.26. The molecular formula is C14H18BrF2NO2. The predicted molar refractivity (Wildman–Crippen MR) is 78.1 cm³/mol. The van der Waals surface area contributed by atoms with Crippen molar-refractivity contribution in [1.82, 2.24) is 5.32 Å². The van der Waals surface area contributed by atoms with Crippen molar-refractivity contribution in [1.29, 1.82) is 0 Å². The van der Waals surface area contributed by atoms with E-state index in [2.05, 4.69) is 32.6 Å². The zero-order valence-electron chi connectivity index (χ0n) is 11.1. The maximum atomic E-state index is 12.3. The van der Waals surface area contributed by atoms with E-state index >= 15 is 0 Å². The number of nitrogens with one attached hydrogen (secondary N) is 1. The normalized spacial score (nSPS) is 10.8. The molecule has 1 rings (SSSR count). The van der Waals surface area contributed by atoms with Gasteiger partial charge in [-0.25, -0.2) is 0 Å². The largest absolute Gasteiger partial charge is 0.434 e. The molecule has 0 saturated carbocycles. The summed E-state index contributed by atoms with van der Waals surface area (Å²) in [5.41, 5.74) is 0.672. The van der Waals surface area contributed by atoms with Crippen molar-refractivity contribution in [3.63, 3.8) is 0 Å². The van der Waals surface area contributed by atoms with Gasteiger partial charge in [0.05, 0.1) is 13.2 Å². The van der Waals surface area contributed by atoms with E-state index in [1.54, 1.807) is 18.2 Å². The molecule has 0 heterocycles. The van der Waals surface area contributed by atoms with Crippen molar-refractivity contribution >= 4 is 15.9 Å². The number of benzene rings is 1. The molecule has 0 aliphatic heterocycles. The van der Waals surface area contributed by atoms with E-state index in [0.29, 0.717) is 31.9 Å². The highest BCUT2D eigenvalue weighted by molar-refractivity contribution is 9.10. The van der Waals surface area contributed by atoms with Crippen LogP contribution in [0.4, 0.5) is 8.78 Å². The molecular weight excluding hydrogens is 332 g/mol. The van der Waals surface area contributed by atoms with E-state index in [-0.39, 0.29) is 5.75 Å². The van der Waals surface area contributed by atoms with Gasteiger partial charge in [-0.05, 0) is 24.6 Å². The van der Waals surface area contributed by atoms with Gasteiger partial charge < -0.3 is 14.8 Å². The molecule has 1 aromatic carbocycles. The molecule has 0 fully saturated rings. The van der Waals surface area contributed by atoms with E-state index in [4.69, 9.17) is 4.74 Å². The van der Waals surface area contributed by atoms with Gasteiger partial charge in [-0.15, -0.1) is 6.58 Å². The fraction of sp³-hybridized carbons (Fsp3) is 0.429. The van der Waals surface area contributed by atoms with E-state index in [9.17, 15) is 8.78 Å². The summed E-state index contributed by atoms with van der Waals surface area (Å²) in [5, 5.41) is 3.12. The van der Waals surface area contributed by atoms with Gasteiger partial charge in [0, 0.05) is 23.1 Å². The van der Waals surface area contributed by atoms with Crippen LogP contribution in [-0.4, -0.2) is 26.4 Å². The van der Waals surface area contributed by atoms with E-state index < -0.39 is 6.61 Å². The molecule has 0 amide bonds. The minimum Gasteiger partial charge on any atom is -0.434 e. The van der Waals surface area contributed by atoms with Crippen molar-refractivity contribution in [2.24, 2.45) is 0 Å². The Morgan fingerprint density at radius 3 is 2.85 bits per heavy atom. The maximum absolute atomic E-state index is 12.3. The van der Waals surface area contributed by atoms with Crippen molar-refractivity contribution < 1.29 is 18.3 Å². The monoisotopic (exact) mass is 349 g/mol. The number of halogens is 3. The number of rotatable bonds is 10. The quantitative estimate of drug-likeness (QED) is 0.515. The highest BCUT2D eigenvalue weighted by atomic mass is 79.9. The summed E-state index contributed by atoms with van der Waals surface area (Å²) < 4.78 is 35.2. The van der Waals surface area contributed by atoms with Crippen LogP contribution in [-0.2, 0) is 11.3 Å². The maximum Gasteiger partial charge on any atom is 0.387 e. The third-order valence-electron chi connectivity index (χ3n) is 2.44. The molecule has 0 aliphatic carbocycles. The van der Waals surface area contributed by atoms with Crippen molar-refractivity contribution in [3.05, 3.63) is 40.9 Å². The fourth-order valence-electron chi connectivity index (χ4n) is 1.53. The van der Waals surface area contributed by atoms with Crippen molar-refractivity contribution in [2.75, 3.05) is 19.8 Å². The lowest BCUT2D eigenvalue weighted by Crippen LogP contribution is -2.20. The van der Waals surface area contributed by atoms with Crippen LogP contribution in [0.3, 0.4) is 0 Å². The summed E-state index contributed by atoms with van der Waals surface area (Å²) in [6.45, 7) is 3.06. The zero-order valence-corrected chi connectivity index (χ0v) is 12.7. The van der Waals surface area contributed by atoms with Crippen LogP contribution in [0.5, 0.6) is 5.75 Å². The van der Waals surface area contributed by atoms with Gasteiger partial charge in [0.1, 0.15) is 5.75 Å². The summed E-state index contributed by atoms with van der Waals surface area (Å²) in [6.07, 6.45) is 2.61. The lowest BCUT2D eigenvalue weighted by atomic mass is 10.2. The average molecular weight is 350 g/mol. The fourth-order valence-corrected chi connectivity index (χ4v) is 1.94. The predicted octanol–water partition coefficient (Wildman–Crippen LogP) is 3.73. The number of alkyl halides is 2. The molecule has 6 heteroatoms. The summed E-state index contributed by atoms with van der Waals surface area (Å²) in [5.74, 6) is 0.184. The lowest BCUT2D eigenvalue weighted by Gasteiger charge is -2.12. The molecule has 112 valence electrons. The van der Waals surface area contributed by atoms with Crippen LogP contribution in [0.2, 0.25) is 0 Å². The third-order valence-corrected chi connectivity index (χ3v) is 2.94. The van der Waals surface area contributed by atoms with Crippen LogP contribution in [0.25, 0.3) is 0 Å². The van der Waals surface area contributed by atoms with Gasteiger partial charge in [-0.1, -0.05) is 22.0 Å². The Hall–Kier alpha value is -0.980. The molecule has 1 N–H and O–H groups in total. The van der Waals surface area contributed by atoms with Crippen LogP contribution in [0.15, 0.2) is 35.3 Å². The molecule has 0 bridgehead atoms. The van der Waals surface area contributed by atoms with Crippen molar-refractivity contribution in [3.8, 4) is 5.75 Å². The van der Waals surface area contributed by atoms with Gasteiger partial charge in [-0.3, -0.25) is 0 Å². The minimum absolute atomic E-state index is 0.184. The summed E-state index contributed by atoms with van der Waals surface area (Å²) in [7, 11) is 0. The lowest BCUT2D eigenvalue weighted by molar-refractivity contribution is -0.0505. The smallest absolute Gasteiger partial charge is 0.387 e. The molecule has 0 radical (unpaired) electrons. The third kappa shape index (κ3) is 6.98. The average Bonchev–Trinajstić information content (AvgIpc) is 2.40. The Labute approximate surface area is 126 Å². The standard InChI is InChI=1S/C14H18BrF2NO2/c1-2-3-7-19-8-6-18-10-11-9-12(15)4-5-13(11)20-14(16)17/h2,4-5,9,14,18H,1,3,6-8,10H2. The molecule has 3 nitrogen and oxygen atoms in total. The Bertz CT molecular complexity index is 416. The summed E-state index contributed by atoms with van der Waals surface area (Å²) in [6, 6.07) is 4.94. The van der Waals surface area contributed by atoms with E-state index in [1.807, 2.05) is 0 Å². The van der Waals surface area contributed by atoms with Gasteiger partial charge in [0.25, 0.3) is 0 Å². The Morgan fingerprint density at radius 2 is 2.15 bits per heavy atom. The zero-order chi connectivity index (χ0) is 14.8. The molecule has 20 heavy (non-hydrogen) atoms. The van der Waals surface area contributed by atoms with Gasteiger partial charge in [0.2, 0.25) is 0 Å². The SMILES string of the molecule is C=CCCOCCNCc1cc(Br)ccc1OC(F)F. The highest BCUT2D eigenvalue weighted by Crippen LogP contribution is 2.24. The van der Waals surface area contributed by atoms with Crippen LogP contribution in [0.1, 0.15) is 12.0 Å². The minimum atomic E-state index is -2.82. The highest BCUT2D eigenvalue weighted by Gasteiger charge is 2.09. The molecule has 1 aromatic rings. The summed E-state index contributed by atoms with van der Waals surface area (Å²) >= 11 is 3.31. The first kappa shape index (κ1) is 17.1. The summed E-state index contributed by atoms with van der Waals surface area (Å²) in [4.78, 5) is 0. The van der Waals surface area contributed by atoms with Gasteiger partial charge in [-0.2, -0.15) is 8.78 Å². The van der Waals surface area contributed by atoms with Crippen LogP contribution < -0.4 is 10.1 Å². The van der Waals surface area contributed by atoms with E-state index in [1.165, 1.54) is 6.07 Å². The molecule has 0 spiro atoms. The Balaban J connectivity index is 2.38. The first-order valence-corrected chi connectivity index (χ1v) is 7.05. The second-order valence-corrected chi connectivity index (χ2v) is 4.91. The Morgan fingerprint density at radius 1 is 1.35 bits per heavy atom.